The van der Waals surface area contributed by atoms with Gasteiger partial charge in [-0.25, -0.2) is 14.3 Å². The highest BCUT2D eigenvalue weighted by Gasteiger charge is 2.30. The van der Waals surface area contributed by atoms with Crippen LogP contribution in [0.5, 0.6) is 0 Å². The van der Waals surface area contributed by atoms with E-state index in [4.69, 9.17) is 9.15 Å². The summed E-state index contributed by atoms with van der Waals surface area (Å²) in [6, 6.07) is 3.33. The van der Waals surface area contributed by atoms with Crippen LogP contribution in [-0.2, 0) is 35.2 Å². The van der Waals surface area contributed by atoms with Crippen LogP contribution in [0.2, 0.25) is 0 Å². The zero-order chi connectivity index (χ0) is 23.8. The number of carbonyl (C=O) groups excluding carboxylic acids is 1. The summed E-state index contributed by atoms with van der Waals surface area (Å²) in [5.41, 5.74) is 6.09. The number of hydrogen-bond acceptors (Lipinski definition) is 7. The molecule has 0 radical (unpaired) electrons. The largest absolute Gasteiger partial charge is 0.467 e. The molecular weight excluding hydrogens is 432 g/mol. The van der Waals surface area contributed by atoms with Gasteiger partial charge in [0.05, 0.1) is 19.0 Å². The third-order valence-corrected chi connectivity index (χ3v) is 7.50. The first-order valence-electron chi connectivity index (χ1n) is 12.3. The number of aryl methyl sites for hydroxylation is 4. The van der Waals surface area contributed by atoms with Crippen LogP contribution < -0.4 is 10.5 Å². The smallest absolute Gasteiger partial charge is 0.336 e. The molecule has 3 aromatic rings. The first kappa shape index (κ1) is 22.6. The lowest BCUT2D eigenvalue weighted by atomic mass is 9.88. The molecule has 0 bridgehead atoms. The molecule has 0 saturated heterocycles. The average molecular weight is 465 g/mol. The number of anilines is 1. The van der Waals surface area contributed by atoms with E-state index in [9.17, 15) is 9.59 Å². The highest BCUT2D eigenvalue weighted by Crippen LogP contribution is 2.40. The monoisotopic (exact) mass is 464 g/mol. The van der Waals surface area contributed by atoms with Crippen molar-refractivity contribution in [1.82, 2.24) is 15.0 Å². The number of rotatable bonds is 7. The van der Waals surface area contributed by atoms with Gasteiger partial charge in [-0.2, -0.15) is 0 Å². The molecule has 0 aliphatic carbocycles. The van der Waals surface area contributed by atoms with Crippen LogP contribution in [0.15, 0.2) is 27.5 Å². The molecule has 1 unspecified atom stereocenters. The van der Waals surface area contributed by atoms with Crippen LogP contribution >= 0.6 is 0 Å². The van der Waals surface area contributed by atoms with Gasteiger partial charge in [0.25, 0.3) is 0 Å². The molecule has 0 spiro atoms. The van der Waals surface area contributed by atoms with Crippen molar-refractivity contribution in [3.63, 3.8) is 0 Å². The molecule has 34 heavy (non-hydrogen) atoms. The zero-order valence-electron chi connectivity index (χ0n) is 20.2. The van der Waals surface area contributed by atoms with Crippen molar-refractivity contribution in [2.45, 2.75) is 64.8 Å². The van der Waals surface area contributed by atoms with E-state index in [0.717, 1.165) is 67.4 Å². The molecule has 5 rings (SSSR count). The third kappa shape index (κ3) is 3.89. The van der Waals surface area contributed by atoms with Crippen LogP contribution in [0.1, 0.15) is 61.5 Å². The molecule has 8 nitrogen and oxygen atoms in total. The lowest BCUT2D eigenvalue weighted by Gasteiger charge is -2.37. The van der Waals surface area contributed by atoms with Gasteiger partial charge in [-0.3, -0.25) is 0 Å². The minimum Gasteiger partial charge on any atom is -0.467 e. The van der Waals surface area contributed by atoms with Crippen LogP contribution in [0.25, 0.3) is 11.0 Å². The van der Waals surface area contributed by atoms with Crippen molar-refractivity contribution in [1.29, 1.82) is 0 Å². The molecule has 0 N–H and O–H groups in total. The van der Waals surface area contributed by atoms with Crippen LogP contribution in [0.3, 0.4) is 0 Å². The Bertz CT molecular complexity index is 1280. The number of carbonyl (C=O) groups is 1. The fourth-order valence-electron chi connectivity index (χ4n) is 5.60. The molecule has 180 valence electrons. The molecular formula is C26H32N4O4. The maximum Gasteiger partial charge on any atom is 0.336 e. The zero-order valence-corrected chi connectivity index (χ0v) is 20.2. The number of hydrogen-bond donors (Lipinski definition) is 0. The van der Waals surface area contributed by atoms with E-state index < -0.39 is 6.04 Å². The first-order chi connectivity index (χ1) is 16.5. The Morgan fingerprint density at radius 3 is 2.76 bits per heavy atom. The highest BCUT2D eigenvalue weighted by molar-refractivity contribution is 5.90. The predicted molar refractivity (Wildman–Crippen MR) is 129 cm³/mol. The molecule has 0 fully saturated rings. The van der Waals surface area contributed by atoms with Gasteiger partial charge in [-0.15, -0.1) is 5.10 Å². The topological polar surface area (TPSA) is 90.5 Å². The molecule has 2 atom stereocenters. The minimum absolute atomic E-state index is 0.0556. The fourth-order valence-corrected chi connectivity index (χ4v) is 5.60. The van der Waals surface area contributed by atoms with Crippen molar-refractivity contribution in [3.8, 4) is 0 Å². The molecule has 2 aliphatic heterocycles. The number of ether oxygens (including phenoxy) is 1. The van der Waals surface area contributed by atoms with E-state index in [1.54, 1.807) is 16.9 Å². The molecule has 4 heterocycles. The fraction of sp³-hybridized carbons (Fsp3) is 0.538. The van der Waals surface area contributed by atoms with Gasteiger partial charge in [0.2, 0.25) is 0 Å². The van der Waals surface area contributed by atoms with Gasteiger partial charge in [0.1, 0.15) is 5.58 Å². The van der Waals surface area contributed by atoms with Crippen molar-refractivity contribution in [3.05, 3.63) is 51.1 Å². The Hall–Kier alpha value is -3.16. The summed E-state index contributed by atoms with van der Waals surface area (Å²) in [5.74, 6) is -0.262. The van der Waals surface area contributed by atoms with Gasteiger partial charge in [0.15, 0.2) is 6.04 Å². The normalized spacial score (nSPS) is 16.9. The molecule has 2 aromatic heterocycles. The molecule has 0 amide bonds. The van der Waals surface area contributed by atoms with Crippen LogP contribution in [0, 0.1) is 5.92 Å². The Morgan fingerprint density at radius 2 is 2.00 bits per heavy atom. The van der Waals surface area contributed by atoms with Gasteiger partial charge in [0, 0.05) is 35.8 Å². The third-order valence-electron chi connectivity index (χ3n) is 7.50. The van der Waals surface area contributed by atoms with Gasteiger partial charge < -0.3 is 14.1 Å². The van der Waals surface area contributed by atoms with E-state index in [2.05, 4.69) is 21.3 Å². The van der Waals surface area contributed by atoms with E-state index in [1.165, 1.54) is 23.9 Å². The van der Waals surface area contributed by atoms with E-state index >= 15 is 0 Å². The first-order valence-corrected chi connectivity index (χ1v) is 12.3. The highest BCUT2D eigenvalue weighted by atomic mass is 16.5. The van der Waals surface area contributed by atoms with Gasteiger partial charge in [-0.1, -0.05) is 25.5 Å². The van der Waals surface area contributed by atoms with Gasteiger partial charge in [-0.05, 0) is 61.6 Å². The van der Waals surface area contributed by atoms with Crippen molar-refractivity contribution in [2.24, 2.45) is 5.92 Å². The Morgan fingerprint density at radius 1 is 1.21 bits per heavy atom. The van der Waals surface area contributed by atoms with Crippen LogP contribution in [0.4, 0.5) is 5.69 Å². The van der Waals surface area contributed by atoms with E-state index in [1.807, 2.05) is 13.8 Å². The maximum atomic E-state index is 12.6. The summed E-state index contributed by atoms with van der Waals surface area (Å²) in [6.07, 6.45) is 7.98. The number of esters is 1. The number of fused-ring (bicyclic) bond motifs is 2. The standard InChI is InChI=1S/C26H32N4O4/c1-4-16(2)23(26(32)33-3)30-19(15-27-28-30)10-9-17-14-22(31)34-25-20-8-6-12-29-11-5-7-18(24(20)29)13-21(17)25/h13-16,23H,4-12H2,1-3H3/t16?,23-/m0/s1. The lowest BCUT2D eigenvalue weighted by Crippen LogP contribution is -2.34. The molecule has 8 heteroatoms. The Balaban J connectivity index is 1.52. The summed E-state index contributed by atoms with van der Waals surface area (Å²) in [7, 11) is 1.40. The van der Waals surface area contributed by atoms with Crippen molar-refractivity contribution in [2.75, 3.05) is 25.1 Å². The molecule has 2 aliphatic rings. The summed E-state index contributed by atoms with van der Waals surface area (Å²) < 4.78 is 12.5. The van der Waals surface area contributed by atoms with E-state index in [0.29, 0.717) is 12.8 Å². The Kier molecular flexibility index (Phi) is 6.15. The van der Waals surface area contributed by atoms with Crippen molar-refractivity contribution < 1.29 is 13.9 Å². The Labute approximate surface area is 198 Å². The minimum atomic E-state index is -0.521. The summed E-state index contributed by atoms with van der Waals surface area (Å²) in [6.45, 7) is 6.20. The van der Waals surface area contributed by atoms with Crippen molar-refractivity contribution >= 4 is 22.6 Å². The molecule has 1 aromatic carbocycles. The number of aromatic nitrogens is 3. The number of methoxy groups -OCH3 is 1. The SMILES string of the molecule is CCC(C)[C@@H](C(=O)OC)n1nncc1CCc1cc(=O)oc2c3c4c(cc12)CCCN4CCC3. The predicted octanol–water partition coefficient (Wildman–Crippen LogP) is 3.63. The summed E-state index contributed by atoms with van der Waals surface area (Å²) in [5, 5.41) is 9.35. The van der Waals surface area contributed by atoms with Gasteiger partial charge >= 0.3 is 11.6 Å². The average Bonchev–Trinajstić information content (AvgIpc) is 3.31. The summed E-state index contributed by atoms with van der Waals surface area (Å²) >= 11 is 0. The second-order valence-corrected chi connectivity index (χ2v) is 9.55. The maximum absolute atomic E-state index is 12.6. The second kappa shape index (κ2) is 9.24. The lowest BCUT2D eigenvalue weighted by molar-refractivity contribution is -0.146. The number of nitrogens with zero attached hydrogens (tertiary/aromatic N) is 4. The number of benzene rings is 1. The van der Waals surface area contributed by atoms with Crippen LogP contribution in [-0.4, -0.2) is 41.2 Å². The second-order valence-electron chi connectivity index (χ2n) is 9.55. The summed E-state index contributed by atoms with van der Waals surface area (Å²) in [4.78, 5) is 27.5. The quantitative estimate of drug-likeness (QED) is 0.390. The molecule has 0 saturated carbocycles. The van der Waals surface area contributed by atoms with E-state index in [-0.39, 0.29) is 17.5 Å².